The lowest BCUT2D eigenvalue weighted by Gasteiger charge is -2.21. The number of rotatable bonds is 7. The number of amides is 1. The first-order valence-corrected chi connectivity index (χ1v) is 8.42. The molecule has 26 heavy (non-hydrogen) atoms. The Labute approximate surface area is 153 Å². The van der Waals surface area contributed by atoms with Gasteiger partial charge in [0, 0.05) is 36.8 Å². The minimum Gasteiger partial charge on any atom is -0.507 e. The van der Waals surface area contributed by atoms with Crippen molar-refractivity contribution in [1.82, 2.24) is 0 Å². The molecule has 0 unspecified atom stereocenters. The predicted octanol–water partition coefficient (Wildman–Crippen LogP) is 2.74. The maximum absolute atomic E-state index is 13.1. The molecule has 0 aromatic heterocycles. The fraction of sp³-hybridized carbons (Fsp3) is 0.238. The third-order valence-electron chi connectivity index (χ3n) is 4.29. The molecule has 0 saturated heterocycles. The second-order valence-corrected chi connectivity index (χ2v) is 5.79. The van der Waals surface area contributed by atoms with E-state index in [0.29, 0.717) is 5.56 Å². The van der Waals surface area contributed by atoms with E-state index in [-0.39, 0.29) is 28.9 Å². The van der Waals surface area contributed by atoms with Crippen molar-refractivity contribution in [2.45, 2.75) is 20.3 Å². The van der Waals surface area contributed by atoms with E-state index in [1.807, 2.05) is 13.8 Å². The number of carbonyl (C=O) groups excluding carboxylic acids is 2. The van der Waals surface area contributed by atoms with E-state index in [1.165, 1.54) is 6.07 Å². The van der Waals surface area contributed by atoms with Crippen molar-refractivity contribution in [1.29, 1.82) is 0 Å². The summed E-state index contributed by atoms with van der Waals surface area (Å²) in [6, 6.07) is 9.68. The summed E-state index contributed by atoms with van der Waals surface area (Å²) in [4.78, 5) is 26.9. The first-order chi connectivity index (χ1) is 12.4. The second kappa shape index (κ2) is 8.21. The summed E-state index contributed by atoms with van der Waals surface area (Å²) in [7, 11) is 0. The molecule has 0 heterocycles. The topological polar surface area (TPSA) is 83.6 Å². The summed E-state index contributed by atoms with van der Waals surface area (Å²) in [6.07, 6.45) is 5.56. The van der Waals surface area contributed by atoms with Crippen molar-refractivity contribution >= 4 is 17.4 Å². The molecule has 0 fully saturated rings. The highest BCUT2D eigenvalue weighted by atomic mass is 16.3. The standard InChI is InChI=1S/C21H22N2O3/c1-4-8-14-9-7-10-17(21(22)26)19(14)20(25)16-12-11-15(13-18(16)24)23(5-2)6-3/h1,7,9-13,24H,5-6,8H2,2-3H3,(H2,22,26). The number of anilines is 1. The average molecular weight is 350 g/mol. The van der Waals surface area contributed by atoms with E-state index in [2.05, 4.69) is 10.8 Å². The third-order valence-corrected chi connectivity index (χ3v) is 4.29. The van der Waals surface area contributed by atoms with Crippen molar-refractivity contribution in [3.8, 4) is 18.1 Å². The van der Waals surface area contributed by atoms with Crippen LogP contribution in [0.15, 0.2) is 36.4 Å². The summed E-state index contributed by atoms with van der Waals surface area (Å²) >= 11 is 0. The number of terminal acetylenes is 1. The summed E-state index contributed by atoms with van der Waals surface area (Å²) in [6.45, 7) is 5.57. The highest BCUT2D eigenvalue weighted by Gasteiger charge is 2.23. The Hall–Kier alpha value is -3.26. The van der Waals surface area contributed by atoms with Gasteiger partial charge in [0.05, 0.1) is 11.1 Å². The summed E-state index contributed by atoms with van der Waals surface area (Å²) in [5, 5.41) is 10.4. The van der Waals surface area contributed by atoms with Gasteiger partial charge in [-0.3, -0.25) is 9.59 Å². The normalized spacial score (nSPS) is 10.2. The number of primary amides is 1. The fourth-order valence-electron chi connectivity index (χ4n) is 2.96. The van der Waals surface area contributed by atoms with Gasteiger partial charge in [-0.1, -0.05) is 12.1 Å². The van der Waals surface area contributed by atoms with Gasteiger partial charge in [0.2, 0.25) is 5.91 Å². The van der Waals surface area contributed by atoms with Gasteiger partial charge < -0.3 is 15.7 Å². The molecule has 0 atom stereocenters. The molecular formula is C21H22N2O3. The number of phenols is 1. The quantitative estimate of drug-likeness (QED) is 0.594. The molecule has 0 spiro atoms. The molecule has 2 aromatic rings. The van der Waals surface area contributed by atoms with Crippen LogP contribution in [0.3, 0.4) is 0 Å². The van der Waals surface area contributed by atoms with Gasteiger partial charge in [0.25, 0.3) is 0 Å². The van der Waals surface area contributed by atoms with Crippen LogP contribution < -0.4 is 10.6 Å². The number of aromatic hydroxyl groups is 1. The average Bonchev–Trinajstić information content (AvgIpc) is 2.62. The molecule has 0 bridgehead atoms. The van der Waals surface area contributed by atoms with Crippen LogP contribution >= 0.6 is 0 Å². The van der Waals surface area contributed by atoms with Crippen molar-refractivity contribution in [2.24, 2.45) is 5.73 Å². The highest BCUT2D eigenvalue weighted by molar-refractivity contribution is 6.17. The number of nitrogens with two attached hydrogens (primary N) is 1. The maximum atomic E-state index is 13.1. The zero-order chi connectivity index (χ0) is 19.3. The minimum atomic E-state index is -0.716. The van der Waals surface area contributed by atoms with Crippen LogP contribution in [0.5, 0.6) is 5.75 Å². The zero-order valence-electron chi connectivity index (χ0n) is 15.0. The number of hydrogen-bond donors (Lipinski definition) is 2. The zero-order valence-corrected chi connectivity index (χ0v) is 15.0. The van der Waals surface area contributed by atoms with Gasteiger partial charge in [-0.05, 0) is 37.6 Å². The highest BCUT2D eigenvalue weighted by Crippen LogP contribution is 2.29. The van der Waals surface area contributed by atoms with Crippen LogP contribution in [0.25, 0.3) is 0 Å². The van der Waals surface area contributed by atoms with Crippen LogP contribution in [0.1, 0.15) is 45.7 Å². The van der Waals surface area contributed by atoms with E-state index in [4.69, 9.17) is 12.2 Å². The molecule has 2 rings (SSSR count). The summed E-state index contributed by atoms with van der Waals surface area (Å²) in [5.74, 6) is 1.13. The molecule has 0 aliphatic rings. The van der Waals surface area contributed by atoms with E-state index in [1.54, 1.807) is 30.3 Å². The van der Waals surface area contributed by atoms with Crippen molar-refractivity contribution in [3.05, 3.63) is 58.7 Å². The maximum Gasteiger partial charge on any atom is 0.249 e. The third kappa shape index (κ3) is 3.70. The lowest BCUT2D eigenvalue weighted by atomic mass is 9.91. The Bertz CT molecular complexity index is 877. The molecular weight excluding hydrogens is 328 g/mol. The van der Waals surface area contributed by atoms with Crippen molar-refractivity contribution in [3.63, 3.8) is 0 Å². The summed E-state index contributed by atoms with van der Waals surface area (Å²) < 4.78 is 0. The monoisotopic (exact) mass is 350 g/mol. The van der Waals surface area contributed by atoms with Gasteiger partial charge in [0.1, 0.15) is 5.75 Å². The molecule has 0 radical (unpaired) electrons. The van der Waals surface area contributed by atoms with Gasteiger partial charge >= 0.3 is 0 Å². The second-order valence-electron chi connectivity index (χ2n) is 5.79. The van der Waals surface area contributed by atoms with Crippen molar-refractivity contribution in [2.75, 3.05) is 18.0 Å². The smallest absolute Gasteiger partial charge is 0.249 e. The number of benzene rings is 2. The SMILES string of the molecule is C#CCc1cccc(C(N)=O)c1C(=O)c1ccc(N(CC)CC)cc1O. The van der Waals surface area contributed by atoms with Crippen LogP contribution in [-0.4, -0.2) is 29.9 Å². The Morgan fingerprint density at radius 1 is 1.15 bits per heavy atom. The van der Waals surface area contributed by atoms with Crippen LogP contribution in [-0.2, 0) is 6.42 Å². The Morgan fingerprint density at radius 3 is 2.38 bits per heavy atom. The van der Waals surface area contributed by atoms with Gasteiger partial charge in [0.15, 0.2) is 5.78 Å². The van der Waals surface area contributed by atoms with Crippen LogP contribution in [0.4, 0.5) is 5.69 Å². The Kier molecular flexibility index (Phi) is 6.03. The largest absolute Gasteiger partial charge is 0.507 e. The first-order valence-electron chi connectivity index (χ1n) is 8.42. The van der Waals surface area contributed by atoms with Crippen LogP contribution in [0, 0.1) is 12.3 Å². The minimum absolute atomic E-state index is 0.0926. The van der Waals surface area contributed by atoms with Crippen LogP contribution in [0.2, 0.25) is 0 Å². The lowest BCUT2D eigenvalue weighted by molar-refractivity contribution is 0.0979. The molecule has 134 valence electrons. The van der Waals surface area contributed by atoms with E-state index < -0.39 is 11.7 Å². The van der Waals surface area contributed by atoms with E-state index >= 15 is 0 Å². The molecule has 0 saturated carbocycles. The van der Waals surface area contributed by atoms with Crippen molar-refractivity contribution < 1.29 is 14.7 Å². The molecule has 3 N–H and O–H groups in total. The molecule has 1 amide bonds. The lowest BCUT2D eigenvalue weighted by Crippen LogP contribution is -2.22. The number of nitrogens with zero attached hydrogens (tertiary/aromatic N) is 1. The molecule has 5 heteroatoms. The van der Waals surface area contributed by atoms with E-state index in [9.17, 15) is 14.7 Å². The number of carbonyl (C=O) groups is 2. The molecule has 0 aliphatic heterocycles. The Morgan fingerprint density at radius 2 is 1.85 bits per heavy atom. The number of hydrogen-bond acceptors (Lipinski definition) is 4. The molecule has 2 aromatic carbocycles. The number of ketones is 1. The van der Waals surface area contributed by atoms with Gasteiger partial charge in [-0.2, -0.15) is 0 Å². The molecule has 0 aliphatic carbocycles. The Balaban J connectivity index is 2.56. The first kappa shape index (κ1) is 19.1. The summed E-state index contributed by atoms with van der Waals surface area (Å²) in [5.41, 5.74) is 7.11. The molecule has 5 nitrogen and oxygen atoms in total. The van der Waals surface area contributed by atoms with E-state index in [0.717, 1.165) is 18.8 Å². The predicted molar refractivity (Wildman–Crippen MR) is 103 cm³/mol. The van der Waals surface area contributed by atoms with Gasteiger partial charge in [-0.25, -0.2) is 0 Å². The van der Waals surface area contributed by atoms with Gasteiger partial charge in [-0.15, -0.1) is 12.3 Å². The number of phenolic OH excluding ortho intramolecular Hbond substituents is 1. The fourth-order valence-corrected chi connectivity index (χ4v) is 2.96.